The molecule has 0 fully saturated rings. The quantitative estimate of drug-likeness (QED) is 0.650. The minimum atomic E-state index is -0.454. The van der Waals surface area contributed by atoms with Gasteiger partial charge in [0, 0.05) is 23.7 Å². The van der Waals surface area contributed by atoms with Crippen LogP contribution in [0.1, 0.15) is 11.1 Å². The van der Waals surface area contributed by atoms with Gasteiger partial charge in [0.1, 0.15) is 0 Å². The van der Waals surface area contributed by atoms with E-state index in [0.29, 0.717) is 22.3 Å². The van der Waals surface area contributed by atoms with Gasteiger partial charge in [-0.2, -0.15) is 0 Å². The second-order valence-electron chi connectivity index (χ2n) is 4.36. The number of non-ortho nitro benzene ring substituents is 1. The summed E-state index contributed by atoms with van der Waals surface area (Å²) in [5.74, 6) is 0. The number of nitro groups is 1. The van der Waals surface area contributed by atoms with Crippen LogP contribution >= 0.6 is 23.2 Å². The van der Waals surface area contributed by atoms with Crippen molar-refractivity contribution in [1.82, 2.24) is 0 Å². The Labute approximate surface area is 126 Å². The lowest BCUT2D eigenvalue weighted by Gasteiger charge is -2.09. The highest BCUT2D eigenvalue weighted by molar-refractivity contribution is 6.33. The summed E-state index contributed by atoms with van der Waals surface area (Å²) in [6.07, 6.45) is 0. The highest BCUT2D eigenvalue weighted by Gasteiger charge is 2.09. The zero-order chi connectivity index (χ0) is 14.7. The maximum absolute atomic E-state index is 10.7. The fraction of sp³-hybridized carbons (Fsp3) is 0.143. The molecule has 0 aliphatic carbocycles. The molecule has 0 bridgehead atoms. The van der Waals surface area contributed by atoms with E-state index in [1.807, 2.05) is 25.1 Å². The first-order chi connectivity index (χ1) is 9.47. The highest BCUT2D eigenvalue weighted by Crippen LogP contribution is 2.27. The van der Waals surface area contributed by atoms with Crippen molar-refractivity contribution in [2.24, 2.45) is 0 Å². The monoisotopic (exact) mass is 310 g/mol. The number of hydrogen-bond donors (Lipinski definition) is 1. The van der Waals surface area contributed by atoms with Crippen LogP contribution in [-0.4, -0.2) is 4.92 Å². The van der Waals surface area contributed by atoms with Gasteiger partial charge in [0.05, 0.1) is 15.6 Å². The van der Waals surface area contributed by atoms with Crippen molar-refractivity contribution in [3.8, 4) is 0 Å². The Morgan fingerprint density at radius 3 is 2.55 bits per heavy atom. The molecular formula is C14H12Cl2N2O2. The van der Waals surface area contributed by atoms with E-state index in [9.17, 15) is 10.1 Å². The van der Waals surface area contributed by atoms with Gasteiger partial charge in [0.15, 0.2) is 0 Å². The summed E-state index contributed by atoms with van der Waals surface area (Å²) in [5.41, 5.74) is 2.50. The Bertz CT molecular complexity index is 660. The molecule has 0 saturated heterocycles. The number of hydrogen-bond acceptors (Lipinski definition) is 3. The molecule has 0 spiro atoms. The van der Waals surface area contributed by atoms with E-state index in [1.54, 1.807) is 0 Å². The van der Waals surface area contributed by atoms with Crippen molar-refractivity contribution in [2.45, 2.75) is 13.5 Å². The maximum atomic E-state index is 10.7. The minimum Gasteiger partial charge on any atom is -0.380 e. The van der Waals surface area contributed by atoms with Gasteiger partial charge in [0.25, 0.3) is 5.69 Å². The number of nitrogens with one attached hydrogen (secondary N) is 1. The molecule has 0 radical (unpaired) electrons. The van der Waals surface area contributed by atoms with E-state index >= 15 is 0 Å². The summed E-state index contributed by atoms with van der Waals surface area (Å²) >= 11 is 12.1. The van der Waals surface area contributed by atoms with Gasteiger partial charge < -0.3 is 5.32 Å². The molecule has 2 aromatic rings. The van der Waals surface area contributed by atoms with Gasteiger partial charge in [-0.1, -0.05) is 35.3 Å². The topological polar surface area (TPSA) is 55.2 Å². The number of rotatable bonds is 4. The second-order valence-corrected chi connectivity index (χ2v) is 5.17. The average molecular weight is 311 g/mol. The van der Waals surface area contributed by atoms with E-state index in [0.717, 1.165) is 11.1 Å². The predicted octanol–water partition coefficient (Wildman–Crippen LogP) is 4.82. The van der Waals surface area contributed by atoms with Gasteiger partial charge >= 0.3 is 0 Å². The molecule has 0 amide bonds. The van der Waals surface area contributed by atoms with Gasteiger partial charge in [-0.3, -0.25) is 10.1 Å². The molecule has 1 N–H and O–H groups in total. The Kier molecular flexibility index (Phi) is 4.47. The fourth-order valence-electron chi connectivity index (χ4n) is 1.71. The van der Waals surface area contributed by atoms with Crippen molar-refractivity contribution in [3.63, 3.8) is 0 Å². The van der Waals surface area contributed by atoms with E-state index in [-0.39, 0.29) is 5.69 Å². The van der Waals surface area contributed by atoms with Gasteiger partial charge in [-0.05, 0) is 30.2 Å². The molecule has 0 aliphatic rings. The normalized spacial score (nSPS) is 10.3. The smallest absolute Gasteiger partial charge is 0.271 e. The lowest BCUT2D eigenvalue weighted by molar-refractivity contribution is -0.384. The molecule has 0 atom stereocenters. The van der Waals surface area contributed by atoms with E-state index in [4.69, 9.17) is 23.2 Å². The summed E-state index contributed by atoms with van der Waals surface area (Å²) in [4.78, 5) is 10.3. The molecule has 20 heavy (non-hydrogen) atoms. The molecular weight excluding hydrogens is 299 g/mol. The van der Waals surface area contributed by atoms with Gasteiger partial charge in [-0.15, -0.1) is 0 Å². The van der Waals surface area contributed by atoms with Crippen LogP contribution in [-0.2, 0) is 6.54 Å². The van der Waals surface area contributed by atoms with E-state index in [1.165, 1.54) is 18.2 Å². The minimum absolute atomic E-state index is 0.00108. The molecule has 0 saturated carbocycles. The van der Waals surface area contributed by atoms with Crippen LogP contribution in [0.5, 0.6) is 0 Å². The zero-order valence-corrected chi connectivity index (χ0v) is 12.2. The Balaban J connectivity index is 2.15. The van der Waals surface area contributed by atoms with Crippen LogP contribution < -0.4 is 5.32 Å². The number of halogens is 2. The fourth-order valence-corrected chi connectivity index (χ4v) is 2.09. The van der Waals surface area contributed by atoms with Crippen molar-refractivity contribution in [1.29, 1.82) is 0 Å². The largest absolute Gasteiger partial charge is 0.380 e. The van der Waals surface area contributed by atoms with Gasteiger partial charge in [0.2, 0.25) is 0 Å². The van der Waals surface area contributed by atoms with E-state index < -0.39 is 4.92 Å². The SMILES string of the molecule is Cc1ccc(CNc2cc([N+](=O)[O-])ccc2Cl)cc1Cl. The number of anilines is 1. The molecule has 104 valence electrons. The Morgan fingerprint density at radius 1 is 1.15 bits per heavy atom. The van der Waals surface area contributed by atoms with E-state index in [2.05, 4.69) is 5.32 Å². The molecule has 6 heteroatoms. The molecule has 4 nitrogen and oxygen atoms in total. The number of nitro benzene ring substituents is 1. The van der Waals surface area contributed by atoms with Crippen LogP contribution in [0.4, 0.5) is 11.4 Å². The molecule has 0 aromatic heterocycles. The van der Waals surface area contributed by atoms with Crippen molar-refractivity contribution < 1.29 is 4.92 Å². The lowest BCUT2D eigenvalue weighted by atomic mass is 10.1. The van der Waals surface area contributed by atoms with Crippen LogP contribution in [0.3, 0.4) is 0 Å². The third-order valence-electron chi connectivity index (χ3n) is 2.88. The number of aryl methyl sites for hydroxylation is 1. The molecule has 0 unspecified atom stereocenters. The van der Waals surface area contributed by atoms with Crippen molar-refractivity contribution in [2.75, 3.05) is 5.32 Å². The summed E-state index contributed by atoms with van der Waals surface area (Å²) in [5, 5.41) is 14.9. The predicted molar refractivity (Wildman–Crippen MR) is 81.6 cm³/mol. The molecule has 0 heterocycles. The highest BCUT2D eigenvalue weighted by atomic mass is 35.5. The van der Waals surface area contributed by atoms with Crippen molar-refractivity contribution in [3.05, 3.63) is 67.7 Å². The average Bonchev–Trinajstić information content (AvgIpc) is 2.41. The summed E-state index contributed by atoms with van der Waals surface area (Å²) in [7, 11) is 0. The summed E-state index contributed by atoms with van der Waals surface area (Å²) < 4.78 is 0. The molecule has 2 aromatic carbocycles. The second kappa shape index (κ2) is 6.11. The van der Waals surface area contributed by atoms with Crippen molar-refractivity contribution >= 4 is 34.6 Å². The van der Waals surface area contributed by atoms with Crippen LogP contribution in [0.15, 0.2) is 36.4 Å². The lowest BCUT2D eigenvalue weighted by Crippen LogP contribution is -2.01. The third kappa shape index (κ3) is 3.40. The Hall–Kier alpha value is -1.78. The zero-order valence-electron chi connectivity index (χ0n) is 10.7. The maximum Gasteiger partial charge on any atom is 0.271 e. The summed E-state index contributed by atoms with van der Waals surface area (Å²) in [6.45, 7) is 2.41. The molecule has 0 aliphatic heterocycles. The molecule has 2 rings (SSSR count). The number of benzene rings is 2. The summed E-state index contributed by atoms with van der Waals surface area (Å²) in [6, 6.07) is 10.0. The van der Waals surface area contributed by atoms with Gasteiger partial charge in [-0.25, -0.2) is 0 Å². The number of nitrogens with zero attached hydrogens (tertiary/aromatic N) is 1. The van der Waals surface area contributed by atoms with Crippen LogP contribution in [0.25, 0.3) is 0 Å². The third-order valence-corrected chi connectivity index (χ3v) is 3.62. The Morgan fingerprint density at radius 2 is 1.90 bits per heavy atom. The first kappa shape index (κ1) is 14.6. The first-order valence-electron chi connectivity index (χ1n) is 5.90. The van der Waals surface area contributed by atoms with Crippen LogP contribution in [0, 0.1) is 17.0 Å². The van der Waals surface area contributed by atoms with Crippen LogP contribution in [0.2, 0.25) is 10.0 Å². The standard InChI is InChI=1S/C14H12Cl2N2O2/c1-9-2-3-10(6-13(9)16)8-17-14-7-11(18(19)20)4-5-12(14)15/h2-7,17H,8H2,1H3. The first-order valence-corrected chi connectivity index (χ1v) is 6.66.